The standard InChI is InChI=1S/C36H41NO/c1-21-16-29(37-18-23(21)3)26-11-10-12-27-30-22(2)15-24-13-14-25(17-28(24)32(30)38-31(26)27)33-35(6,7)19-34(4,5)20-36(33,8)9/h10-18,33H,19-20H2,1-9H3/i1D,3D3,33D. The van der Waals surface area contributed by atoms with Crippen LogP contribution in [0.25, 0.3) is 44.0 Å². The first-order valence-corrected chi connectivity index (χ1v) is 13.6. The van der Waals surface area contributed by atoms with Crippen molar-refractivity contribution in [3.63, 3.8) is 0 Å². The molecule has 1 fully saturated rings. The van der Waals surface area contributed by atoms with E-state index in [4.69, 9.17) is 9.90 Å². The van der Waals surface area contributed by atoms with Gasteiger partial charge in [-0.1, -0.05) is 71.9 Å². The van der Waals surface area contributed by atoms with Crippen molar-refractivity contribution in [2.24, 2.45) is 16.2 Å². The third kappa shape index (κ3) is 3.87. The Hall–Kier alpha value is -3.13. The minimum atomic E-state index is -2.33. The molecule has 38 heavy (non-hydrogen) atoms. The summed E-state index contributed by atoms with van der Waals surface area (Å²) in [5, 5.41) is 4.05. The van der Waals surface area contributed by atoms with Crippen LogP contribution in [-0.4, -0.2) is 4.98 Å². The highest BCUT2D eigenvalue weighted by Crippen LogP contribution is 2.61. The second-order valence-electron chi connectivity index (χ2n) is 13.5. The quantitative estimate of drug-likeness (QED) is 0.237. The minimum absolute atomic E-state index is 0.110. The lowest BCUT2D eigenvalue weighted by atomic mass is 9.49. The van der Waals surface area contributed by atoms with E-state index < -0.39 is 12.7 Å². The SMILES string of the molecule is [2H]Cc1cc(-c2cccc3c2oc2c4cc(C5([2H])C(C)(C)CC(C)(C)CC5(C)C)ccc4cc(C)c32)ncc1C([2H])([2H])[2H]. The van der Waals surface area contributed by atoms with Crippen LogP contribution in [0.5, 0.6) is 0 Å². The fraction of sp³-hybridized carbons (Fsp3) is 0.417. The van der Waals surface area contributed by atoms with Gasteiger partial charge in [-0.3, -0.25) is 4.98 Å². The second kappa shape index (κ2) is 8.18. The van der Waals surface area contributed by atoms with Gasteiger partial charge in [-0.15, -0.1) is 0 Å². The first-order chi connectivity index (χ1) is 19.9. The van der Waals surface area contributed by atoms with Gasteiger partial charge < -0.3 is 4.42 Å². The van der Waals surface area contributed by atoms with E-state index in [1.807, 2.05) is 12.1 Å². The Labute approximate surface area is 234 Å². The van der Waals surface area contributed by atoms with Crippen molar-refractivity contribution in [3.05, 3.63) is 77.0 Å². The van der Waals surface area contributed by atoms with Crippen molar-refractivity contribution >= 4 is 32.7 Å². The van der Waals surface area contributed by atoms with Gasteiger partial charge in [0.2, 0.25) is 0 Å². The Morgan fingerprint density at radius 3 is 2.34 bits per heavy atom. The molecule has 0 atom stereocenters. The number of nitrogens with zero attached hydrogens (tertiary/aromatic N) is 1. The summed E-state index contributed by atoms with van der Waals surface area (Å²) < 4.78 is 48.4. The predicted molar refractivity (Wildman–Crippen MR) is 162 cm³/mol. The largest absolute Gasteiger partial charge is 0.455 e. The maximum Gasteiger partial charge on any atom is 0.144 e. The Morgan fingerprint density at radius 2 is 1.63 bits per heavy atom. The average molecular weight is 509 g/mol. The van der Waals surface area contributed by atoms with Crippen molar-refractivity contribution in [3.8, 4) is 11.3 Å². The van der Waals surface area contributed by atoms with Gasteiger partial charge in [-0.2, -0.15) is 0 Å². The molecule has 2 heterocycles. The highest BCUT2D eigenvalue weighted by atomic mass is 16.3. The summed E-state index contributed by atoms with van der Waals surface area (Å²) >= 11 is 0. The van der Waals surface area contributed by atoms with Crippen LogP contribution in [0.4, 0.5) is 0 Å². The Balaban J connectivity index is 1.60. The Kier molecular flexibility index (Phi) is 4.28. The number of benzene rings is 3. The van der Waals surface area contributed by atoms with E-state index >= 15 is 0 Å². The number of fused-ring (bicyclic) bond motifs is 5. The minimum Gasteiger partial charge on any atom is -0.455 e. The molecule has 1 saturated carbocycles. The average Bonchev–Trinajstić information content (AvgIpc) is 3.30. The van der Waals surface area contributed by atoms with Crippen LogP contribution in [0.3, 0.4) is 0 Å². The van der Waals surface area contributed by atoms with E-state index in [0.717, 1.165) is 56.7 Å². The molecular weight excluding hydrogens is 462 g/mol. The highest BCUT2D eigenvalue weighted by molar-refractivity contribution is 6.18. The zero-order valence-electron chi connectivity index (χ0n) is 28.7. The van der Waals surface area contributed by atoms with Gasteiger partial charge in [-0.25, -0.2) is 0 Å². The maximum absolute atomic E-state index is 10.1. The van der Waals surface area contributed by atoms with Crippen molar-refractivity contribution in [2.45, 2.75) is 81.0 Å². The summed E-state index contributed by atoms with van der Waals surface area (Å²) in [4.78, 5) is 4.53. The van der Waals surface area contributed by atoms with Crippen LogP contribution in [0.2, 0.25) is 0 Å². The van der Waals surface area contributed by atoms with Gasteiger partial charge in [0.05, 0.1) is 5.69 Å². The molecule has 0 spiro atoms. The lowest BCUT2D eigenvalue weighted by Gasteiger charge is -2.55. The molecule has 0 saturated heterocycles. The number of hydrogen-bond acceptors (Lipinski definition) is 2. The monoisotopic (exact) mass is 508 g/mol. The Bertz CT molecular complexity index is 1890. The van der Waals surface area contributed by atoms with Crippen molar-refractivity contribution in [1.29, 1.82) is 0 Å². The van der Waals surface area contributed by atoms with Gasteiger partial charge >= 0.3 is 0 Å². The zero-order valence-corrected chi connectivity index (χ0v) is 23.7. The number of pyridine rings is 1. The molecule has 1 aliphatic carbocycles. The van der Waals surface area contributed by atoms with Crippen LogP contribution in [0, 0.1) is 36.9 Å². The molecule has 196 valence electrons. The smallest absolute Gasteiger partial charge is 0.144 e. The van der Waals surface area contributed by atoms with Gasteiger partial charge in [0.1, 0.15) is 11.2 Å². The van der Waals surface area contributed by atoms with Crippen LogP contribution in [0.15, 0.2) is 59.1 Å². The first kappa shape index (κ1) is 19.9. The molecule has 0 unspecified atom stereocenters. The van der Waals surface area contributed by atoms with Crippen molar-refractivity contribution in [1.82, 2.24) is 4.98 Å². The first-order valence-electron chi connectivity index (χ1n) is 16.3. The van der Waals surface area contributed by atoms with Crippen LogP contribution in [0.1, 0.15) is 89.4 Å². The molecule has 0 aliphatic heterocycles. The van der Waals surface area contributed by atoms with E-state index in [1.165, 1.54) is 6.20 Å². The van der Waals surface area contributed by atoms with Gasteiger partial charge in [-0.05, 0) is 101 Å². The third-order valence-electron chi connectivity index (χ3n) is 8.53. The summed E-state index contributed by atoms with van der Waals surface area (Å²) in [6, 6.07) is 16.3. The molecule has 0 bridgehead atoms. The number of aryl methyl sites for hydroxylation is 3. The number of furan rings is 1. The molecule has 2 nitrogen and oxygen atoms in total. The summed E-state index contributed by atoms with van der Waals surface area (Å²) in [5.74, 6) is -0.806. The van der Waals surface area contributed by atoms with Crippen molar-refractivity contribution in [2.75, 3.05) is 0 Å². The van der Waals surface area contributed by atoms with Gasteiger partial charge in [0.25, 0.3) is 0 Å². The van der Waals surface area contributed by atoms with Gasteiger partial charge in [0, 0.05) is 34.8 Å². The molecule has 2 heteroatoms. The number of hydrogen-bond donors (Lipinski definition) is 0. The molecular formula is C36H41NO. The molecule has 0 radical (unpaired) electrons. The molecule has 2 aromatic heterocycles. The topological polar surface area (TPSA) is 26.0 Å². The van der Waals surface area contributed by atoms with Crippen LogP contribution < -0.4 is 0 Å². The fourth-order valence-corrected chi connectivity index (χ4v) is 8.22. The summed E-state index contributed by atoms with van der Waals surface area (Å²) in [6.45, 7) is 13.3. The third-order valence-corrected chi connectivity index (χ3v) is 8.53. The lowest BCUT2D eigenvalue weighted by Crippen LogP contribution is -2.45. The molecule has 1 aliphatic rings. The zero-order chi connectivity index (χ0) is 31.3. The summed E-state index contributed by atoms with van der Waals surface area (Å²) in [7, 11) is 0. The number of aromatic nitrogens is 1. The Morgan fingerprint density at radius 1 is 0.868 bits per heavy atom. The van der Waals surface area contributed by atoms with Crippen molar-refractivity contribution < 1.29 is 11.3 Å². The van der Waals surface area contributed by atoms with E-state index in [2.05, 4.69) is 83.8 Å². The lowest BCUT2D eigenvalue weighted by molar-refractivity contribution is -0.00947. The molecule has 5 aromatic rings. The summed E-state index contributed by atoms with van der Waals surface area (Å²) in [5.41, 5.74) is 5.13. The molecule has 6 rings (SSSR count). The normalized spacial score (nSPS) is 22.0. The summed E-state index contributed by atoms with van der Waals surface area (Å²) in [6.07, 6.45) is 3.32. The number of rotatable bonds is 2. The molecule has 0 amide bonds. The van der Waals surface area contributed by atoms with Crippen LogP contribution >= 0.6 is 0 Å². The van der Waals surface area contributed by atoms with E-state index in [1.54, 1.807) is 6.07 Å². The predicted octanol–water partition coefficient (Wildman–Crippen LogP) is 10.7. The molecule has 0 N–H and O–H groups in total. The number of para-hydroxylation sites is 1. The van der Waals surface area contributed by atoms with Gasteiger partial charge in [0.15, 0.2) is 0 Å². The second-order valence-corrected chi connectivity index (χ2v) is 13.5. The maximum atomic E-state index is 10.1. The van der Waals surface area contributed by atoms with E-state index in [-0.39, 0.29) is 28.7 Å². The van der Waals surface area contributed by atoms with E-state index in [0.29, 0.717) is 16.8 Å². The van der Waals surface area contributed by atoms with Crippen LogP contribution in [-0.2, 0) is 0 Å². The molecule has 3 aromatic carbocycles. The fourth-order valence-electron chi connectivity index (χ4n) is 8.22. The van der Waals surface area contributed by atoms with E-state index in [9.17, 15) is 1.37 Å². The highest BCUT2D eigenvalue weighted by Gasteiger charge is 2.50.